The minimum atomic E-state index is -2.22. The fourth-order valence-corrected chi connectivity index (χ4v) is 7.83. The maximum absolute atomic E-state index is 14.7. The summed E-state index contributed by atoms with van der Waals surface area (Å²) in [4.78, 5) is 40.0. The number of aliphatic hydroxyl groups is 3. The van der Waals surface area contributed by atoms with Crippen LogP contribution in [0.25, 0.3) is 0 Å². The average Bonchev–Trinajstić information content (AvgIpc) is 3.52. The Kier molecular flexibility index (Phi) is 9.55. The summed E-state index contributed by atoms with van der Waals surface area (Å²) < 4.78 is 11.4. The first-order valence-corrected chi connectivity index (χ1v) is 15.3. The molecule has 8 heteroatoms. The molecule has 43 heavy (non-hydrogen) atoms. The lowest BCUT2D eigenvalue weighted by Crippen LogP contribution is -2.65. The minimum absolute atomic E-state index is 0.00151. The number of Topliss-reactive ketones (excluding diaryl/α,β-unsaturated/α-hetero) is 1. The van der Waals surface area contributed by atoms with Crippen molar-refractivity contribution < 1.29 is 39.2 Å². The van der Waals surface area contributed by atoms with Gasteiger partial charge in [0.2, 0.25) is 0 Å². The zero-order valence-corrected chi connectivity index (χ0v) is 26.1. The summed E-state index contributed by atoms with van der Waals surface area (Å²) in [6.45, 7) is 10.6. The second-order valence-corrected chi connectivity index (χ2v) is 12.9. The molecule has 9 atom stereocenters. The Morgan fingerprint density at radius 3 is 2.53 bits per heavy atom. The highest BCUT2D eigenvalue weighted by molar-refractivity contribution is 5.95. The van der Waals surface area contributed by atoms with E-state index in [0.29, 0.717) is 17.6 Å². The monoisotopic (exact) mass is 594 g/mol. The van der Waals surface area contributed by atoms with Crippen LogP contribution in [0.5, 0.6) is 0 Å². The summed E-state index contributed by atoms with van der Waals surface area (Å²) in [6.07, 6.45) is 14.7. The van der Waals surface area contributed by atoms with Crippen LogP contribution in [0.1, 0.15) is 60.8 Å². The average molecular weight is 595 g/mol. The van der Waals surface area contributed by atoms with E-state index < -0.39 is 59.0 Å². The molecule has 2 bridgehead atoms. The van der Waals surface area contributed by atoms with E-state index in [1.54, 1.807) is 51.2 Å². The number of unbranched alkanes of at least 4 members (excludes halogenated alkanes) is 1. The van der Waals surface area contributed by atoms with E-state index in [0.717, 1.165) is 12.8 Å². The quantitative estimate of drug-likeness (QED) is 0.148. The highest BCUT2D eigenvalue weighted by Crippen LogP contribution is 2.72. The fraction of sp³-hybridized carbons (Fsp3) is 0.571. The van der Waals surface area contributed by atoms with Gasteiger partial charge in [0.25, 0.3) is 0 Å². The van der Waals surface area contributed by atoms with Crippen LogP contribution in [0.3, 0.4) is 0 Å². The number of rotatable bonds is 10. The highest BCUT2D eigenvalue weighted by Gasteiger charge is 2.77. The van der Waals surface area contributed by atoms with Crippen molar-refractivity contribution in [3.8, 4) is 0 Å². The number of allylic oxidation sites excluding steroid dienone is 7. The molecule has 4 aliphatic rings. The Hall–Kier alpha value is -3.07. The number of ketones is 1. The van der Waals surface area contributed by atoms with Gasteiger partial charge >= 0.3 is 11.9 Å². The van der Waals surface area contributed by atoms with Crippen LogP contribution in [0.2, 0.25) is 0 Å². The Bertz CT molecular complexity index is 1320. The molecule has 9 unspecified atom stereocenters. The molecule has 0 aromatic rings. The number of esters is 2. The Balaban J connectivity index is 1.66. The van der Waals surface area contributed by atoms with Gasteiger partial charge in [-0.2, -0.15) is 0 Å². The minimum Gasteiger partial charge on any atom is -0.462 e. The number of carbonyl (C=O) groups excluding carboxylic acids is 3. The molecular formula is C35H46O8. The number of fused-ring (bicyclic) bond motifs is 3. The van der Waals surface area contributed by atoms with Crippen molar-refractivity contribution in [3.63, 3.8) is 0 Å². The molecule has 4 aliphatic carbocycles. The van der Waals surface area contributed by atoms with Gasteiger partial charge in [-0.15, -0.1) is 0 Å². The van der Waals surface area contributed by atoms with E-state index in [2.05, 4.69) is 6.92 Å². The Morgan fingerprint density at radius 2 is 1.88 bits per heavy atom. The van der Waals surface area contributed by atoms with E-state index >= 15 is 0 Å². The van der Waals surface area contributed by atoms with E-state index in [-0.39, 0.29) is 29.8 Å². The van der Waals surface area contributed by atoms with Gasteiger partial charge in [-0.1, -0.05) is 75.8 Å². The normalized spacial score (nSPS) is 38.8. The zero-order chi connectivity index (χ0) is 31.7. The molecule has 0 aliphatic heterocycles. The molecule has 4 rings (SSSR count). The van der Waals surface area contributed by atoms with Crippen molar-refractivity contribution in [1.82, 2.24) is 0 Å². The molecule has 2 fully saturated rings. The second kappa shape index (κ2) is 12.5. The smallest absolute Gasteiger partial charge is 0.333 e. The third kappa shape index (κ3) is 5.32. The molecule has 8 nitrogen and oxygen atoms in total. The molecule has 2 saturated carbocycles. The SMILES string of the molecule is CC=C(C)C(=O)OCC1(C)C2CC(C)C34C=C(C)C(OC(=O)C=CC=CC=CCCC)C3(O)C(O)C(CO)=CC(C4=O)C21. The van der Waals surface area contributed by atoms with Gasteiger partial charge in [0.15, 0.2) is 17.5 Å². The van der Waals surface area contributed by atoms with Gasteiger partial charge in [-0.3, -0.25) is 4.79 Å². The van der Waals surface area contributed by atoms with Gasteiger partial charge in [0, 0.05) is 23.0 Å². The summed E-state index contributed by atoms with van der Waals surface area (Å²) in [7, 11) is 0. The summed E-state index contributed by atoms with van der Waals surface area (Å²) in [6, 6.07) is 0. The zero-order valence-electron chi connectivity index (χ0n) is 26.1. The van der Waals surface area contributed by atoms with Crippen LogP contribution in [0, 0.1) is 34.5 Å². The van der Waals surface area contributed by atoms with E-state index in [9.17, 15) is 29.7 Å². The van der Waals surface area contributed by atoms with Gasteiger partial charge in [-0.25, -0.2) is 9.59 Å². The van der Waals surface area contributed by atoms with Gasteiger partial charge in [0.05, 0.1) is 18.6 Å². The van der Waals surface area contributed by atoms with Crippen molar-refractivity contribution in [2.75, 3.05) is 13.2 Å². The molecule has 234 valence electrons. The van der Waals surface area contributed by atoms with Crippen molar-refractivity contribution in [2.45, 2.75) is 78.6 Å². The van der Waals surface area contributed by atoms with Crippen molar-refractivity contribution in [2.24, 2.45) is 34.5 Å². The van der Waals surface area contributed by atoms with Crippen LogP contribution in [0.15, 0.2) is 71.4 Å². The molecule has 1 spiro atoms. The van der Waals surface area contributed by atoms with Crippen molar-refractivity contribution >= 4 is 17.7 Å². The standard InChI is InChI=1S/C35H46O8/c1-7-9-10-11-12-13-14-15-27(37)43-31-22(4)18-34-23(5)16-26-28(33(26,6)20-42-32(40)21(3)8-2)25(30(34)39)17-24(19-36)29(38)35(31,34)41/h8,10-15,17-18,23,25-26,28-29,31,36,38,41H,7,9,16,19-20H2,1-6H3. The largest absolute Gasteiger partial charge is 0.462 e. The highest BCUT2D eigenvalue weighted by atomic mass is 16.6. The second-order valence-electron chi connectivity index (χ2n) is 12.9. The molecule has 0 aromatic carbocycles. The number of hydrogen-bond acceptors (Lipinski definition) is 8. The number of carbonyl (C=O) groups is 3. The summed E-state index contributed by atoms with van der Waals surface area (Å²) in [5.41, 5.74) is -3.19. The van der Waals surface area contributed by atoms with Gasteiger partial charge < -0.3 is 24.8 Å². The molecule has 0 amide bonds. The van der Waals surface area contributed by atoms with Crippen molar-refractivity contribution in [3.05, 3.63) is 71.4 Å². The summed E-state index contributed by atoms with van der Waals surface area (Å²) in [5.74, 6) is -2.82. The lowest BCUT2D eigenvalue weighted by molar-refractivity contribution is -0.201. The van der Waals surface area contributed by atoms with E-state index in [1.807, 2.05) is 26.0 Å². The number of ether oxygens (including phenoxy) is 2. The summed E-state index contributed by atoms with van der Waals surface area (Å²) >= 11 is 0. The lowest BCUT2D eigenvalue weighted by atomic mass is 9.59. The third-order valence-electron chi connectivity index (χ3n) is 10.4. The van der Waals surface area contributed by atoms with Crippen LogP contribution >= 0.6 is 0 Å². The van der Waals surface area contributed by atoms with Crippen LogP contribution in [0.4, 0.5) is 0 Å². The lowest BCUT2D eigenvalue weighted by Gasteiger charge is -2.48. The van der Waals surface area contributed by atoms with Crippen LogP contribution in [-0.4, -0.2) is 64.1 Å². The molecule has 0 radical (unpaired) electrons. The maximum atomic E-state index is 14.7. The third-order valence-corrected chi connectivity index (χ3v) is 10.4. The summed E-state index contributed by atoms with van der Waals surface area (Å²) in [5, 5.41) is 34.5. The molecule has 0 heterocycles. The van der Waals surface area contributed by atoms with Crippen molar-refractivity contribution in [1.29, 1.82) is 0 Å². The first-order valence-electron chi connectivity index (χ1n) is 15.3. The van der Waals surface area contributed by atoms with Crippen LogP contribution in [-0.2, 0) is 23.9 Å². The molecule has 0 aromatic heterocycles. The predicted octanol–water partition coefficient (Wildman–Crippen LogP) is 4.32. The predicted molar refractivity (Wildman–Crippen MR) is 162 cm³/mol. The molecule has 0 saturated heterocycles. The fourth-order valence-electron chi connectivity index (χ4n) is 7.83. The maximum Gasteiger partial charge on any atom is 0.333 e. The topological polar surface area (TPSA) is 130 Å². The van der Waals surface area contributed by atoms with E-state index in [1.165, 1.54) is 12.2 Å². The Morgan fingerprint density at radius 1 is 1.19 bits per heavy atom. The molecular weight excluding hydrogens is 548 g/mol. The Labute approximate surface area is 254 Å². The number of aliphatic hydroxyl groups excluding tert-OH is 2. The first kappa shape index (κ1) is 32.8. The van der Waals surface area contributed by atoms with E-state index in [4.69, 9.17) is 9.47 Å². The van der Waals surface area contributed by atoms with Gasteiger partial charge in [-0.05, 0) is 62.5 Å². The first-order chi connectivity index (χ1) is 20.3. The number of hydrogen-bond donors (Lipinski definition) is 3. The van der Waals surface area contributed by atoms with Crippen LogP contribution < -0.4 is 0 Å². The van der Waals surface area contributed by atoms with Gasteiger partial charge in [0.1, 0.15) is 6.10 Å². The molecule has 3 N–H and O–H groups in total.